The van der Waals surface area contributed by atoms with Crippen LogP contribution in [0.5, 0.6) is 11.5 Å². The maximum Gasteiger partial charge on any atom is 0.306 e. The molecule has 0 bridgehead atoms. The van der Waals surface area contributed by atoms with Gasteiger partial charge in [-0.3, -0.25) is 14.4 Å². The molecule has 1 amide bonds. The zero-order valence-corrected chi connectivity index (χ0v) is 16.2. The number of hydrogen-bond donors (Lipinski definition) is 1. The number of rotatable bonds is 9. The Morgan fingerprint density at radius 3 is 1.97 bits per heavy atom. The standard InChI is InChI=1S/C24H21NO5/c26-22(18-7-3-1-4-8-18)17-29-24(28)16-15-23(27)25-19-11-13-21(14-12-19)30-20-9-5-2-6-10-20/h1-14H,15-17H2,(H,25,27). The van der Waals surface area contributed by atoms with Crippen LogP contribution in [0.4, 0.5) is 5.69 Å². The molecule has 3 rings (SSSR count). The summed E-state index contributed by atoms with van der Waals surface area (Å²) in [5, 5.41) is 2.71. The average molecular weight is 403 g/mol. The molecule has 6 nitrogen and oxygen atoms in total. The normalized spacial score (nSPS) is 10.1. The number of Topliss-reactive ketones (excluding diaryl/α,β-unsaturated/α-hetero) is 1. The van der Waals surface area contributed by atoms with Gasteiger partial charge in [0.15, 0.2) is 12.4 Å². The first-order valence-electron chi connectivity index (χ1n) is 9.47. The number of benzene rings is 3. The summed E-state index contributed by atoms with van der Waals surface area (Å²) in [6.07, 6.45) is -0.149. The van der Waals surface area contributed by atoms with E-state index in [-0.39, 0.29) is 31.1 Å². The second-order valence-electron chi connectivity index (χ2n) is 6.44. The van der Waals surface area contributed by atoms with Gasteiger partial charge in [0.25, 0.3) is 0 Å². The Hall–Kier alpha value is -3.93. The van der Waals surface area contributed by atoms with E-state index < -0.39 is 5.97 Å². The molecule has 0 aliphatic carbocycles. The SMILES string of the molecule is O=C(CCC(=O)OCC(=O)c1ccccc1)Nc1ccc(Oc2ccccc2)cc1. The van der Waals surface area contributed by atoms with Crippen LogP contribution in [0.3, 0.4) is 0 Å². The molecule has 0 fully saturated rings. The zero-order valence-electron chi connectivity index (χ0n) is 16.2. The van der Waals surface area contributed by atoms with Gasteiger partial charge in [0, 0.05) is 17.7 Å². The molecule has 30 heavy (non-hydrogen) atoms. The zero-order chi connectivity index (χ0) is 21.2. The third-order valence-corrected chi connectivity index (χ3v) is 4.13. The maximum atomic E-state index is 12.0. The Morgan fingerprint density at radius 1 is 0.700 bits per heavy atom. The molecule has 3 aromatic rings. The van der Waals surface area contributed by atoms with Crippen molar-refractivity contribution in [3.63, 3.8) is 0 Å². The Labute approximate surface area is 174 Å². The molecule has 0 atom stereocenters. The fraction of sp³-hybridized carbons (Fsp3) is 0.125. The highest BCUT2D eigenvalue weighted by Crippen LogP contribution is 2.22. The summed E-state index contributed by atoms with van der Waals surface area (Å²) in [4.78, 5) is 35.7. The van der Waals surface area contributed by atoms with Gasteiger partial charge in [0.05, 0.1) is 6.42 Å². The van der Waals surface area contributed by atoms with Crippen molar-refractivity contribution in [2.24, 2.45) is 0 Å². The third kappa shape index (κ3) is 6.60. The molecule has 0 aliphatic rings. The van der Waals surface area contributed by atoms with Gasteiger partial charge in [0.1, 0.15) is 11.5 Å². The van der Waals surface area contributed by atoms with Gasteiger partial charge in [-0.1, -0.05) is 48.5 Å². The van der Waals surface area contributed by atoms with E-state index in [0.29, 0.717) is 17.0 Å². The molecule has 0 heterocycles. The summed E-state index contributed by atoms with van der Waals surface area (Å²) >= 11 is 0. The fourth-order valence-electron chi connectivity index (χ4n) is 2.60. The average Bonchev–Trinajstić information content (AvgIpc) is 2.78. The topological polar surface area (TPSA) is 81.7 Å². The summed E-state index contributed by atoms with van der Waals surface area (Å²) in [6, 6.07) is 24.9. The molecule has 0 aromatic heterocycles. The van der Waals surface area contributed by atoms with Crippen molar-refractivity contribution in [3.8, 4) is 11.5 Å². The van der Waals surface area contributed by atoms with E-state index in [2.05, 4.69) is 5.32 Å². The molecule has 152 valence electrons. The molecule has 0 aliphatic heterocycles. The highest BCUT2D eigenvalue weighted by atomic mass is 16.5. The number of nitrogens with one attached hydrogen (secondary N) is 1. The molecule has 0 saturated heterocycles. The highest BCUT2D eigenvalue weighted by Gasteiger charge is 2.12. The van der Waals surface area contributed by atoms with Crippen LogP contribution in [0, 0.1) is 0 Å². The van der Waals surface area contributed by atoms with Gasteiger partial charge in [-0.2, -0.15) is 0 Å². The van der Waals surface area contributed by atoms with Crippen LogP contribution < -0.4 is 10.1 Å². The molecule has 0 spiro atoms. The molecule has 0 saturated carbocycles. The van der Waals surface area contributed by atoms with Crippen molar-refractivity contribution in [2.75, 3.05) is 11.9 Å². The summed E-state index contributed by atoms with van der Waals surface area (Å²) in [6.45, 7) is -0.340. The summed E-state index contributed by atoms with van der Waals surface area (Å²) in [7, 11) is 0. The number of amides is 1. The lowest BCUT2D eigenvalue weighted by Gasteiger charge is -2.08. The second kappa shape index (κ2) is 10.6. The summed E-state index contributed by atoms with van der Waals surface area (Å²) in [5.41, 5.74) is 1.07. The second-order valence-corrected chi connectivity index (χ2v) is 6.44. The van der Waals surface area contributed by atoms with E-state index in [1.165, 1.54) is 0 Å². The van der Waals surface area contributed by atoms with Crippen molar-refractivity contribution < 1.29 is 23.9 Å². The number of hydrogen-bond acceptors (Lipinski definition) is 5. The van der Waals surface area contributed by atoms with Crippen molar-refractivity contribution in [1.29, 1.82) is 0 Å². The Balaban J connectivity index is 1.38. The number of esters is 1. The predicted molar refractivity (Wildman–Crippen MR) is 113 cm³/mol. The van der Waals surface area contributed by atoms with Crippen LogP contribution in [0.1, 0.15) is 23.2 Å². The predicted octanol–water partition coefficient (Wildman–Crippen LogP) is 4.62. The van der Waals surface area contributed by atoms with E-state index in [0.717, 1.165) is 5.75 Å². The van der Waals surface area contributed by atoms with Crippen LogP contribution in [-0.4, -0.2) is 24.3 Å². The van der Waals surface area contributed by atoms with Crippen molar-refractivity contribution in [1.82, 2.24) is 0 Å². The van der Waals surface area contributed by atoms with E-state index in [1.54, 1.807) is 54.6 Å². The molecule has 0 radical (unpaired) electrons. The van der Waals surface area contributed by atoms with E-state index in [1.807, 2.05) is 30.3 Å². The molecule has 1 N–H and O–H groups in total. The van der Waals surface area contributed by atoms with Crippen LogP contribution in [0.15, 0.2) is 84.9 Å². The van der Waals surface area contributed by atoms with Crippen LogP contribution in [0.2, 0.25) is 0 Å². The van der Waals surface area contributed by atoms with Gasteiger partial charge < -0.3 is 14.8 Å². The van der Waals surface area contributed by atoms with Gasteiger partial charge in [0.2, 0.25) is 5.91 Å². The molecule has 6 heteroatoms. The van der Waals surface area contributed by atoms with Gasteiger partial charge in [-0.15, -0.1) is 0 Å². The van der Waals surface area contributed by atoms with Gasteiger partial charge >= 0.3 is 5.97 Å². The first kappa shape index (κ1) is 20.8. The smallest absolute Gasteiger partial charge is 0.306 e. The highest BCUT2D eigenvalue weighted by molar-refractivity contribution is 5.98. The number of ketones is 1. The number of carbonyl (C=O) groups is 3. The third-order valence-electron chi connectivity index (χ3n) is 4.13. The van der Waals surface area contributed by atoms with Crippen molar-refractivity contribution in [3.05, 3.63) is 90.5 Å². The minimum atomic E-state index is -0.596. The fourth-order valence-corrected chi connectivity index (χ4v) is 2.60. The summed E-state index contributed by atoms with van der Waals surface area (Å²) in [5.74, 6) is 0.162. The van der Waals surface area contributed by atoms with Gasteiger partial charge in [-0.05, 0) is 36.4 Å². The molecule has 0 unspecified atom stereocenters. The maximum absolute atomic E-state index is 12.0. The molecular weight excluding hydrogens is 382 g/mol. The monoisotopic (exact) mass is 403 g/mol. The van der Waals surface area contributed by atoms with Crippen LogP contribution in [-0.2, 0) is 14.3 Å². The van der Waals surface area contributed by atoms with Crippen LogP contribution in [0.25, 0.3) is 0 Å². The number of ether oxygens (including phenoxy) is 2. The van der Waals surface area contributed by atoms with Crippen molar-refractivity contribution in [2.45, 2.75) is 12.8 Å². The Bertz CT molecular complexity index is 985. The Kier molecular flexibility index (Phi) is 7.33. The van der Waals surface area contributed by atoms with Crippen molar-refractivity contribution >= 4 is 23.3 Å². The van der Waals surface area contributed by atoms with E-state index in [9.17, 15) is 14.4 Å². The molecular formula is C24H21NO5. The number of anilines is 1. The summed E-state index contributed by atoms with van der Waals surface area (Å²) < 4.78 is 10.6. The Morgan fingerprint density at radius 2 is 1.30 bits per heavy atom. The minimum absolute atomic E-state index is 0.0410. The quantitative estimate of drug-likeness (QED) is 0.416. The molecule has 3 aromatic carbocycles. The minimum Gasteiger partial charge on any atom is -0.457 e. The van der Waals surface area contributed by atoms with E-state index in [4.69, 9.17) is 9.47 Å². The number of carbonyl (C=O) groups excluding carboxylic acids is 3. The van der Waals surface area contributed by atoms with Crippen LogP contribution >= 0.6 is 0 Å². The lowest BCUT2D eigenvalue weighted by Crippen LogP contribution is -2.17. The van der Waals surface area contributed by atoms with Gasteiger partial charge in [-0.25, -0.2) is 0 Å². The lowest BCUT2D eigenvalue weighted by atomic mass is 10.1. The van der Waals surface area contributed by atoms with E-state index >= 15 is 0 Å². The first-order valence-corrected chi connectivity index (χ1v) is 9.47. The lowest BCUT2D eigenvalue weighted by molar-refractivity contribution is -0.143. The largest absolute Gasteiger partial charge is 0.457 e. The number of para-hydroxylation sites is 1. The first-order chi connectivity index (χ1) is 14.6.